The summed E-state index contributed by atoms with van der Waals surface area (Å²) in [6, 6.07) is 18.3. The van der Waals surface area contributed by atoms with Crippen molar-refractivity contribution in [1.29, 1.82) is 5.26 Å². The van der Waals surface area contributed by atoms with Gasteiger partial charge in [-0.05, 0) is 23.3 Å². The minimum Gasteiger partial charge on any atom is -0.497 e. The number of nitrogens with zero attached hydrogens (tertiary/aromatic N) is 1. The third-order valence-corrected chi connectivity index (χ3v) is 4.54. The first-order valence-corrected chi connectivity index (χ1v) is 10.1. The smallest absolute Gasteiger partial charge is 0.349 e. The van der Waals surface area contributed by atoms with Crippen LogP contribution in [0.25, 0.3) is 5.57 Å². The van der Waals surface area contributed by atoms with E-state index < -0.39 is 17.4 Å². The van der Waals surface area contributed by atoms with Crippen molar-refractivity contribution in [3.8, 4) is 11.8 Å². The zero-order chi connectivity index (χ0) is 23.6. The Labute approximate surface area is 188 Å². The Morgan fingerprint density at radius 1 is 1.00 bits per heavy atom. The van der Waals surface area contributed by atoms with E-state index in [4.69, 9.17) is 14.2 Å². The van der Waals surface area contributed by atoms with Crippen molar-refractivity contribution < 1.29 is 23.8 Å². The van der Waals surface area contributed by atoms with Gasteiger partial charge in [-0.1, -0.05) is 62.4 Å². The number of rotatable bonds is 10. The molecule has 0 heterocycles. The molecule has 0 N–H and O–H groups in total. The molecule has 0 radical (unpaired) electrons. The lowest BCUT2D eigenvalue weighted by Gasteiger charge is -2.23. The monoisotopic (exact) mass is 433 g/mol. The second-order valence-corrected chi connectivity index (χ2v) is 7.85. The van der Waals surface area contributed by atoms with Crippen LogP contribution in [0.3, 0.4) is 0 Å². The lowest BCUT2D eigenvalue weighted by molar-refractivity contribution is -0.149. The van der Waals surface area contributed by atoms with Crippen molar-refractivity contribution >= 4 is 17.5 Å². The highest BCUT2D eigenvalue weighted by Gasteiger charge is 2.26. The number of hydrogen-bond acceptors (Lipinski definition) is 6. The zero-order valence-corrected chi connectivity index (χ0v) is 18.6. The Morgan fingerprint density at radius 3 is 2.16 bits per heavy atom. The van der Waals surface area contributed by atoms with E-state index in [1.165, 1.54) is 6.08 Å². The third kappa shape index (κ3) is 6.85. The van der Waals surface area contributed by atoms with E-state index in [1.54, 1.807) is 45.2 Å². The number of carbonyl (C=O) groups excluding carboxylic acids is 2. The number of nitriles is 1. The van der Waals surface area contributed by atoms with Crippen molar-refractivity contribution in [3.05, 3.63) is 84.0 Å². The molecule has 0 unspecified atom stereocenters. The standard InChI is InChI=1S/C26H27NO5/c1-5-9-23(28)31-17-26(2,3)18-32-25(29)22(16-27)24(19-10-7-6-8-11-19)20-12-14-21(30-4)15-13-20/h5-8,10-15H,1,9,17-18H2,2-4H3/b24-22-. The fourth-order valence-corrected chi connectivity index (χ4v) is 2.85. The molecule has 0 aliphatic heterocycles. The Balaban J connectivity index is 2.30. The highest BCUT2D eigenvalue weighted by molar-refractivity contribution is 6.05. The maximum atomic E-state index is 12.9. The number of methoxy groups -OCH3 is 1. The minimum absolute atomic E-state index is 0.0247. The fourth-order valence-electron chi connectivity index (χ4n) is 2.85. The van der Waals surface area contributed by atoms with Crippen molar-refractivity contribution in [2.24, 2.45) is 5.41 Å². The predicted molar refractivity (Wildman–Crippen MR) is 122 cm³/mol. The van der Waals surface area contributed by atoms with Gasteiger partial charge in [0.15, 0.2) is 0 Å². The van der Waals surface area contributed by atoms with Crippen molar-refractivity contribution in [3.63, 3.8) is 0 Å². The van der Waals surface area contributed by atoms with E-state index in [9.17, 15) is 14.9 Å². The van der Waals surface area contributed by atoms with Crippen LogP contribution in [0.15, 0.2) is 72.8 Å². The van der Waals surface area contributed by atoms with Gasteiger partial charge in [0.05, 0.1) is 20.1 Å². The summed E-state index contributed by atoms with van der Waals surface area (Å²) >= 11 is 0. The quantitative estimate of drug-likeness (QED) is 0.233. The highest BCUT2D eigenvalue weighted by Crippen LogP contribution is 2.29. The second kappa shape index (κ2) is 11.5. The van der Waals surface area contributed by atoms with Gasteiger partial charge in [0.25, 0.3) is 0 Å². The van der Waals surface area contributed by atoms with E-state index >= 15 is 0 Å². The fraction of sp³-hybridized carbons (Fsp3) is 0.269. The average Bonchev–Trinajstić information content (AvgIpc) is 2.80. The normalized spacial score (nSPS) is 11.6. The zero-order valence-electron chi connectivity index (χ0n) is 18.6. The van der Waals surface area contributed by atoms with Gasteiger partial charge in [-0.25, -0.2) is 4.79 Å². The minimum atomic E-state index is -0.743. The van der Waals surface area contributed by atoms with Crippen LogP contribution in [-0.2, 0) is 19.1 Å². The van der Waals surface area contributed by atoms with Crippen molar-refractivity contribution in [2.45, 2.75) is 20.3 Å². The van der Waals surface area contributed by atoms with Gasteiger partial charge in [0.2, 0.25) is 0 Å². The molecule has 0 amide bonds. The van der Waals surface area contributed by atoms with Crippen LogP contribution in [-0.4, -0.2) is 32.3 Å². The SMILES string of the molecule is C=CCC(=O)OCC(C)(C)COC(=O)/C(C#N)=C(/c1ccccc1)c1ccc(OC)cc1. The number of hydrogen-bond donors (Lipinski definition) is 0. The summed E-state index contributed by atoms with van der Waals surface area (Å²) in [5.41, 5.74) is 1.13. The third-order valence-electron chi connectivity index (χ3n) is 4.54. The van der Waals surface area contributed by atoms with Gasteiger partial charge < -0.3 is 14.2 Å². The lowest BCUT2D eigenvalue weighted by Crippen LogP contribution is -2.29. The predicted octanol–water partition coefficient (Wildman–Crippen LogP) is 4.71. The van der Waals surface area contributed by atoms with Crippen LogP contribution in [0, 0.1) is 16.7 Å². The Hall–Kier alpha value is -3.85. The molecule has 0 atom stereocenters. The molecule has 0 bridgehead atoms. The van der Waals surface area contributed by atoms with Crippen LogP contribution < -0.4 is 4.74 Å². The molecule has 2 aromatic carbocycles. The molecule has 6 nitrogen and oxygen atoms in total. The summed E-state index contributed by atoms with van der Waals surface area (Å²) in [4.78, 5) is 24.5. The number of ether oxygens (including phenoxy) is 3. The molecular formula is C26H27NO5. The molecule has 0 spiro atoms. The molecule has 0 aliphatic rings. The molecule has 166 valence electrons. The van der Waals surface area contributed by atoms with Gasteiger partial charge in [0.1, 0.15) is 24.0 Å². The van der Waals surface area contributed by atoms with E-state index in [1.807, 2.05) is 36.4 Å². The molecule has 0 saturated heterocycles. The number of benzene rings is 2. The summed E-state index contributed by atoms with van der Waals surface area (Å²) in [6.45, 7) is 7.15. The van der Waals surface area contributed by atoms with Gasteiger partial charge in [-0.15, -0.1) is 6.58 Å². The average molecular weight is 434 g/mol. The van der Waals surface area contributed by atoms with Gasteiger partial charge in [-0.2, -0.15) is 5.26 Å². The molecule has 6 heteroatoms. The van der Waals surface area contributed by atoms with E-state index in [-0.39, 0.29) is 25.2 Å². The second-order valence-electron chi connectivity index (χ2n) is 7.85. The van der Waals surface area contributed by atoms with Crippen molar-refractivity contribution in [2.75, 3.05) is 20.3 Å². The molecule has 0 aromatic heterocycles. The van der Waals surface area contributed by atoms with Crippen LogP contribution in [0.2, 0.25) is 0 Å². The molecule has 0 fully saturated rings. The summed E-state index contributed by atoms with van der Waals surface area (Å²) in [5, 5.41) is 9.84. The molecular weight excluding hydrogens is 406 g/mol. The Bertz CT molecular complexity index is 1010. The molecule has 0 aliphatic carbocycles. The molecule has 2 rings (SSSR count). The van der Waals surface area contributed by atoms with Gasteiger partial charge >= 0.3 is 11.9 Å². The van der Waals surface area contributed by atoms with E-state index in [2.05, 4.69) is 6.58 Å². The molecule has 32 heavy (non-hydrogen) atoms. The maximum absolute atomic E-state index is 12.9. The van der Waals surface area contributed by atoms with E-state index in [0.717, 1.165) is 0 Å². The summed E-state index contributed by atoms with van der Waals surface area (Å²) in [6.07, 6.45) is 1.57. The molecule has 0 saturated carbocycles. The van der Waals surface area contributed by atoms with Crippen LogP contribution >= 0.6 is 0 Å². The van der Waals surface area contributed by atoms with Crippen LogP contribution in [0.4, 0.5) is 0 Å². The largest absolute Gasteiger partial charge is 0.497 e. The maximum Gasteiger partial charge on any atom is 0.349 e. The van der Waals surface area contributed by atoms with E-state index in [0.29, 0.717) is 22.4 Å². The summed E-state index contributed by atoms with van der Waals surface area (Å²) in [7, 11) is 1.57. The number of esters is 2. The molecule has 2 aromatic rings. The van der Waals surface area contributed by atoms with Crippen molar-refractivity contribution in [1.82, 2.24) is 0 Å². The van der Waals surface area contributed by atoms with Gasteiger partial charge in [-0.3, -0.25) is 4.79 Å². The first-order chi connectivity index (χ1) is 15.3. The highest BCUT2D eigenvalue weighted by atomic mass is 16.5. The topological polar surface area (TPSA) is 85.6 Å². The first-order valence-electron chi connectivity index (χ1n) is 10.1. The Kier molecular flexibility index (Phi) is 8.79. The first kappa shape index (κ1) is 24.4. The lowest BCUT2D eigenvalue weighted by atomic mass is 9.93. The van der Waals surface area contributed by atoms with Gasteiger partial charge in [0, 0.05) is 11.0 Å². The van der Waals surface area contributed by atoms with Crippen LogP contribution in [0.1, 0.15) is 31.4 Å². The summed E-state index contributed by atoms with van der Waals surface area (Å²) < 4.78 is 15.9. The Morgan fingerprint density at radius 2 is 1.59 bits per heavy atom. The summed E-state index contributed by atoms with van der Waals surface area (Å²) in [5.74, 6) is -0.481. The number of carbonyl (C=O) groups is 2. The van der Waals surface area contributed by atoms with Crippen LogP contribution in [0.5, 0.6) is 5.75 Å².